The first-order chi connectivity index (χ1) is 6.83. The van der Waals surface area contributed by atoms with Gasteiger partial charge >= 0.3 is 5.97 Å². The molecule has 0 aliphatic rings. The van der Waals surface area contributed by atoms with Crippen LogP contribution in [0.25, 0.3) is 10.9 Å². The van der Waals surface area contributed by atoms with Crippen molar-refractivity contribution in [2.45, 2.75) is 0 Å². The molecule has 0 spiro atoms. The van der Waals surface area contributed by atoms with E-state index in [1.54, 1.807) is 18.3 Å². The highest BCUT2D eigenvalue weighted by Gasteiger charge is 2.10. The summed E-state index contributed by atoms with van der Waals surface area (Å²) < 4.78 is 4.48. The molecule has 14 heavy (non-hydrogen) atoms. The SMILES string of the molecule is O=C(OBr)c1cccc2cccnc12. The number of hydrogen-bond acceptors (Lipinski definition) is 3. The summed E-state index contributed by atoms with van der Waals surface area (Å²) >= 11 is 2.66. The molecule has 2 aromatic rings. The topological polar surface area (TPSA) is 39.2 Å². The highest BCUT2D eigenvalue weighted by atomic mass is 79.9. The van der Waals surface area contributed by atoms with Crippen LogP contribution < -0.4 is 0 Å². The zero-order valence-corrected chi connectivity index (χ0v) is 8.69. The van der Waals surface area contributed by atoms with Gasteiger partial charge in [-0.3, -0.25) is 4.98 Å². The highest BCUT2D eigenvalue weighted by molar-refractivity contribution is 9.06. The summed E-state index contributed by atoms with van der Waals surface area (Å²) in [5.41, 5.74) is 1.11. The Labute approximate surface area is 89.2 Å². The lowest BCUT2D eigenvalue weighted by Gasteiger charge is -2.01. The Hall–Kier alpha value is -1.42. The second-order valence-electron chi connectivity index (χ2n) is 2.75. The van der Waals surface area contributed by atoms with Gasteiger partial charge in [-0.2, -0.15) is 0 Å². The Morgan fingerprint density at radius 2 is 2.07 bits per heavy atom. The Morgan fingerprint density at radius 3 is 2.86 bits per heavy atom. The minimum Gasteiger partial charge on any atom is -0.380 e. The van der Waals surface area contributed by atoms with E-state index in [4.69, 9.17) is 0 Å². The van der Waals surface area contributed by atoms with Crippen LogP contribution in [0.1, 0.15) is 10.4 Å². The molecular formula is C10H6BrNO2. The fourth-order valence-corrected chi connectivity index (χ4v) is 1.48. The average molecular weight is 252 g/mol. The first-order valence-electron chi connectivity index (χ1n) is 3.99. The molecule has 70 valence electrons. The van der Waals surface area contributed by atoms with E-state index < -0.39 is 5.97 Å². The summed E-state index contributed by atoms with van der Waals surface area (Å²) in [4.78, 5) is 15.4. The molecule has 4 heteroatoms. The molecular weight excluding hydrogens is 246 g/mol. The number of pyridine rings is 1. The van der Waals surface area contributed by atoms with Crippen molar-refractivity contribution >= 4 is 33.1 Å². The van der Waals surface area contributed by atoms with E-state index in [9.17, 15) is 4.79 Å². The smallest absolute Gasteiger partial charge is 0.351 e. The van der Waals surface area contributed by atoms with Gasteiger partial charge in [0.15, 0.2) is 16.3 Å². The van der Waals surface area contributed by atoms with Crippen molar-refractivity contribution in [1.29, 1.82) is 0 Å². The lowest BCUT2D eigenvalue weighted by atomic mass is 10.1. The number of carbonyl (C=O) groups excluding carboxylic acids is 1. The summed E-state index contributed by atoms with van der Waals surface area (Å²) in [6, 6.07) is 9.09. The van der Waals surface area contributed by atoms with Crippen molar-refractivity contribution in [3.63, 3.8) is 0 Å². The van der Waals surface area contributed by atoms with Gasteiger partial charge in [0.2, 0.25) is 0 Å². The maximum atomic E-state index is 11.3. The van der Waals surface area contributed by atoms with Crippen molar-refractivity contribution in [1.82, 2.24) is 4.98 Å². The van der Waals surface area contributed by atoms with Crippen LogP contribution in [-0.4, -0.2) is 11.0 Å². The summed E-state index contributed by atoms with van der Waals surface area (Å²) in [5, 5.41) is 0.919. The van der Waals surface area contributed by atoms with Gasteiger partial charge < -0.3 is 3.83 Å². The summed E-state index contributed by atoms with van der Waals surface area (Å²) in [7, 11) is 0. The molecule has 0 N–H and O–H groups in total. The molecule has 1 aromatic carbocycles. The van der Waals surface area contributed by atoms with Crippen molar-refractivity contribution in [3.8, 4) is 0 Å². The van der Waals surface area contributed by atoms with Gasteiger partial charge in [0.1, 0.15) is 0 Å². The third-order valence-corrected chi connectivity index (χ3v) is 2.22. The molecule has 3 nitrogen and oxygen atoms in total. The maximum absolute atomic E-state index is 11.3. The number of para-hydroxylation sites is 1. The van der Waals surface area contributed by atoms with Crippen molar-refractivity contribution in [3.05, 3.63) is 42.1 Å². The molecule has 0 aliphatic carbocycles. The molecule has 1 aromatic heterocycles. The minimum absolute atomic E-state index is 0.436. The van der Waals surface area contributed by atoms with Gasteiger partial charge in [0.25, 0.3) is 0 Å². The largest absolute Gasteiger partial charge is 0.380 e. The van der Waals surface area contributed by atoms with Gasteiger partial charge in [0.05, 0.1) is 11.1 Å². The Bertz CT molecular complexity index is 479. The Kier molecular flexibility index (Phi) is 2.45. The second kappa shape index (κ2) is 3.75. The zero-order valence-electron chi connectivity index (χ0n) is 7.11. The standard InChI is InChI=1S/C10H6BrNO2/c11-14-10(13)8-5-1-3-7-4-2-6-12-9(7)8/h1-6H. The normalized spacial score (nSPS) is 10.1. The number of rotatable bonds is 1. The number of carbonyl (C=O) groups is 1. The van der Waals surface area contributed by atoms with Crippen LogP contribution in [0, 0.1) is 0 Å². The van der Waals surface area contributed by atoms with Gasteiger partial charge in [0, 0.05) is 11.6 Å². The molecule has 0 saturated heterocycles. The summed E-state index contributed by atoms with van der Waals surface area (Å²) in [6.07, 6.45) is 1.65. The van der Waals surface area contributed by atoms with E-state index in [1.807, 2.05) is 18.2 Å². The number of hydrogen-bond donors (Lipinski definition) is 0. The molecule has 0 saturated carbocycles. The zero-order chi connectivity index (χ0) is 9.97. The van der Waals surface area contributed by atoms with Gasteiger partial charge in [-0.15, -0.1) is 0 Å². The number of halogens is 1. The van der Waals surface area contributed by atoms with Crippen LogP contribution >= 0.6 is 16.3 Å². The summed E-state index contributed by atoms with van der Waals surface area (Å²) in [5.74, 6) is -0.436. The first-order valence-corrected chi connectivity index (χ1v) is 4.64. The number of nitrogens with zero attached hydrogens (tertiary/aromatic N) is 1. The fourth-order valence-electron chi connectivity index (χ4n) is 1.31. The molecule has 0 radical (unpaired) electrons. The fraction of sp³-hybridized carbons (Fsp3) is 0. The second-order valence-corrected chi connectivity index (χ2v) is 3.07. The van der Waals surface area contributed by atoms with E-state index >= 15 is 0 Å². The monoisotopic (exact) mass is 251 g/mol. The van der Waals surface area contributed by atoms with Crippen LogP contribution in [0.3, 0.4) is 0 Å². The number of benzene rings is 1. The predicted octanol–water partition coefficient (Wildman–Crippen LogP) is 2.70. The van der Waals surface area contributed by atoms with Crippen LogP contribution in [0.5, 0.6) is 0 Å². The van der Waals surface area contributed by atoms with Crippen molar-refractivity contribution in [2.24, 2.45) is 0 Å². The van der Waals surface area contributed by atoms with E-state index in [0.29, 0.717) is 11.1 Å². The quantitative estimate of drug-likeness (QED) is 0.783. The van der Waals surface area contributed by atoms with Gasteiger partial charge in [-0.25, -0.2) is 4.79 Å². The molecule has 2 rings (SSSR count). The van der Waals surface area contributed by atoms with E-state index in [0.717, 1.165) is 5.39 Å². The van der Waals surface area contributed by atoms with Gasteiger partial charge in [-0.1, -0.05) is 18.2 Å². The molecule has 0 atom stereocenters. The van der Waals surface area contributed by atoms with Crippen LogP contribution in [-0.2, 0) is 3.83 Å². The van der Waals surface area contributed by atoms with E-state index in [-0.39, 0.29) is 0 Å². The van der Waals surface area contributed by atoms with Crippen LogP contribution in [0.4, 0.5) is 0 Å². The maximum Gasteiger partial charge on any atom is 0.351 e. The molecule has 0 fully saturated rings. The van der Waals surface area contributed by atoms with Gasteiger partial charge in [-0.05, 0) is 12.1 Å². The molecule has 0 unspecified atom stereocenters. The molecule has 0 aliphatic heterocycles. The lowest BCUT2D eigenvalue weighted by molar-refractivity contribution is 0.0783. The Balaban J connectivity index is 2.71. The lowest BCUT2D eigenvalue weighted by Crippen LogP contribution is -1.99. The van der Waals surface area contributed by atoms with E-state index in [2.05, 4.69) is 25.1 Å². The predicted molar refractivity (Wildman–Crippen MR) is 56.1 cm³/mol. The highest BCUT2D eigenvalue weighted by Crippen LogP contribution is 2.17. The average Bonchev–Trinajstić information content (AvgIpc) is 2.27. The number of fused-ring (bicyclic) bond motifs is 1. The molecule has 0 bridgehead atoms. The summed E-state index contributed by atoms with van der Waals surface area (Å²) in [6.45, 7) is 0. The van der Waals surface area contributed by atoms with E-state index in [1.165, 1.54) is 0 Å². The first kappa shape index (κ1) is 9.15. The van der Waals surface area contributed by atoms with Crippen LogP contribution in [0.2, 0.25) is 0 Å². The Morgan fingerprint density at radius 1 is 1.29 bits per heavy atom. The van der Waals surface area contributed by atoms with Crippen molar-refractivity contribution in [2.75, 3.05) is 0 Å². The van der Waals surface area contributed by atoms with Crippen molar-refractivity contribution < 1.29 is 8.62 Å². The molecule has 0 amide bonds. The molecule has 1 heterocycles. The van der Waals surface area contributed by atoms with Crippen LogP contribution in [0.15, 0.2) is 36.5 Å². The number of aromatic nitrogens is 1. The third kappa shape index (κ3) is 1.48. The minimum atomic E-state index is -0.436. The third-order valence-electron chi connectivity index (χ3n) is 1.92.